The highest BCUT2D eigenvalue weighted by Crippen LogP contribution is 2.21. The molecular formula is C14H18ClFN2O5S. The van der Waals surface area contributed by atoms with E-state index in [0.717, 1.165) is 0 Å². The van der Waals surface area contributed by atoms with Crippen LogP contribution >= 0.6 is 11.6 Å². The summed E-state index contributed by atoms with van der Waals surface area (Å²) in [6, 6.07) is 2.59. The highest BCUT2D eigenvalue weighted by molar-refractivity contribution is 7.90. The quantitative estimate of drug-likeness (QED) is 0.727. The Balaban J connectivity index is 2.09. The van der Waals surface area contributed by atoms with Gasteiger partial charge in [-0.2, -0.15) is 0 Å². The van der Waals surface area contributed by atoms with Crippen molar-refractivity contribution in [3.63, 3.8) is 0 Å². The minimum absolute atomic E-state index is 0.133. The Bertz CT molecular complexity index is 707. The van der Waals surface area contributed by atoms with Crippen molar-refractivity contribution in [2.45, 2.75) is 24.7 Å². The smallest absolute Gasteiger partial charge is 0.269 e. The minimum Gasteiger partial charge on any atom is -0.381 e. The molecule has 1 heterocycles. The fourth-order valence-electron chi connectivity index (χ4n) is 2.31. The maximum Gasteiger partial charge on any atom is 0.269 e. The van der Waals surface area contributed by atoms with Crippen LogP contribution in [-0.2, 0) is 26.1 Å². The summed E-state index contributed by atoms with van der Waals surface area (Å²) in [5.74, 6) is -1.87. The van der Waals surface area contributed by atoms with Crippen molar-refractivity contribution >= 4 is 27.5 Å². The molecule has 0 atom stereocenters. The molecule has 1 aliphatic rings. The van der Waals surface area contributed by atoms with Crippen LogP contribution < -0.4 is 10.3 Å². The van der Waals surface area contributed by atoms with Crippen LogP contribution in [0.15, 0.2) is 12.1 Å². The number of ether oxygens (including phenoxy) is 2. The Morgan fingerprint density at radius 1 is 1.42 bits per heavy atom. The van der Waals surface area contributed by atoms with Crippen molar-refractivity contribution in [1.82, 2.24) is 10.3 Å². The number of hydrogen-bond acceptors (Lipinski definition) is 5. The Labute approximate surface area is 144 Å². The molecule has 1 aromatic rings. The highest BCUT2D eigenvalue weighted by atomic mass is 35.5. The Morgan fingerprint density at radius 3 is 2.71 bits per heavy atom. The molecule has 1 fully saturated rings. The lowest BCUT2D eigenvalue weighted by atomic mass is 10.1. The van der Waals surface area contributed by atoms with E-state index in [-0.39, 0.29) is 17.2 Å². The van der Waals surface area contributed by atoms with E-state index in [1.54, 1.807) is 0 Å². The zero-order chi connectivity index (χ0) is 17.7. The molecule has 0 aliphatic carbocycles. The molecule has 1 aliphatic heterocycles. The number of hydrogen-bond donors (Lipinski definition) is 2. The first kappa shape index (κ1) is 19.1. The van der Waals surface area contributed by atoms with E-state index < -0.39 is 27.0 Å². The molecule has 7 nitrogen and oxygen atoms in total. The third kappa shape index (κ3) is 4.64. The van der Waals surface area contributed by atoms with E-state index in [2.05, 4.69) is 0 Å². The van der Waals surface area contributed by atoms with E-state index in [9.17, 15) is 17.6 Å². The van der Waals surface area contributed by atoms with Gasteiger partial charge in [-0.1, -0.05) is 11.6 Å². The van der Waals surface area contributed by atoms with Crippen molar-refractivity contribution < 1.29 is 27.1 Å². The van der Waals surface area contributed by atoms with Crippen molar-refractivity contribution in [1.29, 1.82) is 0 Å². The average Bonchev–Trinajstić information content (AvgIpc) is 2.57. The van der Waals surface area contributed by atoms with Gasteiger partial charge in [0.05, 0.1) is 22.4 Å². The van der Waals surface area contributed by atoms with Crippen LogP contribution in [0.2, 0.25) is 5.02 Å². The van der Waals surface area contributed by atoms with E-state index >= 15 is 0 Å². The number of carbonyl (C=O) groups excluding carboxylic acids is 1. The van der Waals surface area contributed by atoms with E-state index in [0.29, 0.717) is 31.6 Å². The van der Waals surface area contributed by atoms with Crippen LogP contribution in [0, 0.1) is 5.82 Å². The van der Waals surface area contributed by atoms with Gasteiger partial charge in [-0.05, 0) is 30.5 Å². The fourth-order valence-corrected chi connectivity index (χ4v) is 3.77. The number of rotatable bonds is 6. The second kappa shape index (κ2) is 8.21. The first-order valence-corrected chi connectivity index (χ1v) is 9.13. The normalized spacial score (nSPS) is 16.1. The van der Waals surface area contributed by atoms with E-state index in [1.807, 2.05) is 10.3 Å². The molecule has 10 heteroatoms. The van der Waals surface area contributed by atoms with Gasteiger partial charge >= 0.3 is 0 Å². The SMILES string of the molecule is COCc1cc(Cl)c(F)c(C(=O)NNS(=O)(=O)C2CCOCC2)c1. The summed E-state index contributed by atoms with van der Waals surface area (Å²) in [5, 5.41) is -0.915. The van der Waals surface area contributed by atoms with Gasteiger partial charge in [0.1, 0.15) is 0 Å². The van der Waals surface area contributed by atoms with Crippen molar-refractivity contribution in [3.8, 4) is 0 Å². The van der Waals surface area contributed by atoms with Gasteiger partial charge in [0.15, 0.2) is 5.82 Å². The van der Waals surface area contributed by atoms with Gasteiger partial charge in [-0.3, -0.25) is 10.2 Å². The molecule has 0 unspecified atom stereocenters. The average molecular weight is 381 g/mol. The molecule has 134 valence electrons. The maximum atomic E-state index is 14.0. The number of benzene rings is 1. The van der Waals surface area contributed by atoms with Crippen molar-refractivity contribution in [3.05, 3.63) is 34.1 Å². The van der Waals surface area contributed by atoms with E-state index in [1.165, 1.54) is 19.2 Å². The highest BCUT2D eigenvalue weighted by Gasteiger charge is 2.28. The minimum atomic E-state index is -3.77. The number of hydrazine groups is 1. The van der Waals surface area contributed by atoms with Gasteiger partial charge in [-0.15, -0.1) is 4.83 Å². The molecule has 0 spiro atoms. The van der Waals surface area contributed by atoms with Crippen LogP contribution in [0.1, 0.15) is 28.8 Å². The summed E-state index contributed by atoms with van der Waals surface area (Å²) in [4.78, 5) is 14.1. The Morgan fingerprint density at radius 2 is 2.08 bits per heavy atom. The first-order chi connectivity index (χ1) is 11.3. The van der Waals surface area contributed by atoms with Crippen LogP contribution in [0.25, 0.3) is 0 Å². The molecule has 1 aromatic carbocycles. The number of amides is 1. The van der Waals surface area contributed by atoms with Crippen molar-refractivity contribution in [2.24, 2.45) is 0 Å². The van der Waals surface area contributed by atoms with Gasteiger partial charge in [0, 0.05) is 20.3 Å². The van der Waals surface area contributed by atoms with Gasteiger partial charge in [0.2, 0.25) is 10.0 Å². The zero-order valence-electron chi connectivity index (χ0n) is 13.0. The third-order valence-corrected chi connectivity index (χ3v) is 5.57. The molecule has 0 radical (unpaired) electrons. The lowest BCUT2D eigenvalue weighted by molar-refractivity contribution is 0.0934. The molecule has 24 heavy (non-hydrogen) atoms. The predicted molar refractivity (Wildman–Crippen MR) is 85.5 cm³/mol. The van der Waals surface area contributed by atoms with E-state index in [4.69, 9.17) is 21.1 Å². The van der Waals surface area contributed by atoms with Crippen LogP contribution in [0.3, 0.4) is 0 Å². The first-order valence-electron chi connectivity index (χ1n) is 7.20. The molecule has 0 saturated carbocycles. The third-order valence-electron chi connectivity index (χ3n) is 3.56. The largest absolute Gasteiger partial charge is 0.381 e. The van der Waals surface area contributed by atoms with Crippen LogP contribution in [0.4, 0.5) is 4.39 Å². The zero-order valence-corrected chi connectivity index (χ0v) is 14.5. The lowest BCUT2D eigenvalue weighted by Gasteiger charge is -2.22. The second-order valence-corrected chi connectivity index (χ2v) is 7.65. The molecule has 0 aromatic heterocycles. The summed E-state index contributed by atoms with van der Waals surface area (Å²) in [5.41, 5.74) is 2.13. The summed E-state index contributed by atoms with van der Waals surface area (Å²) < 4.78 is 48.3. The maximum absolute atomic E-state index is 14.0. The Kier molecular flexibility index (Phi) is 6.53. The summed E-state index contributed by atoms with van der Waals surface area (Å²) in [7, 11) is -2.33. The molecule has 0 bridgehead atoms. The molecule has 1 saturated heterocycles. The van der Waals surface area contributed by atoms with Gasteiger partial charge < -0.3 is 9.47 Å². The molecule has 1 amide bonds. The van der Waals surface area contributed by atoms with Crippen LogP contribution in [0.5, 0.6) is 0 Å². The summed E-state index contributed by atoms with van der Waals surface area (Å²) >= 11 is 5.75. The molecule has 2 rings (SSSR count). The molecular weight excluding hydrogens is 363 g/mol. The topological polar surface area (TPSA) is 93.7 Å². The number of nitrogens with one attached hydrogen (secondary N) is 2. The van der Waals surface area contributed by atoms with Gasteiger partial charge in [-0.25, -0.2) is 12.8 Å². The van der Waals surface area contributed by atoms with Crippen LogP contribution in [-0.4, -0.2) is 39.9 Å². The number of halogens is 2. The van der Waals surface area contributed by atoms with Gasteiger partial charge in [0.25, 0.3) is 5.91 Å². The number of sulfonamides is 1. The van der Waals surface area contributed by atoms with Crippen molar-refractivity contribution in [2.75, 3.05) is 20.3 Å². The lowest BCUT2D eigenvalue weighted by Crippen LogP contribution is -2.47. The predicted octanol–water partition coefficient (Wildman–Crippen LogP) is 1.37. The monoisotopic (exact) mass is 380 g/mol. The summed E-state index contributed by atoms with van der Waals surface area (Å²) in [6.07, 6.45) is 0.656. The summed E-state index contributed by atoms with van der Waals surface area (Å²) in [6.45, 7) is 0.805. The second-order valence-electron chi connectivity index (χ2n) is 5.29. The fraction of sp³-hybridized carbons (Fsp3) is 0.500. The number of methoxy groups -OCH3 is 1. The number of carbonyl (C=O) groups is 1. The standard InChI is InChI=1S/C14H18ClFN2O5S/c1-22-8-9-6-11(13(16)12(15)7-9)14(19)17-18-24(20,21)10-2-4-23-5-3-10/h6-7,10,18H,2-5,8H2,1H3,(H,17,19). The Hall–Kier alpha value is -1.26. The molecule has 2 N–H and O–H groups in total.